The molecule has 0 aliphatic heterocycles. The zero-order valence-corrected chi connectivity index (χ0v) is 18.3. The first-order chi connectivity index (χ1) is 15.0. The lowest BCUT2D eigenvalue weighted by Gasteiger charge is -2.25. The SMILES string of the molecule is O=C(NCc1ccccc1)c1c(NC(=O)C2CCC(C(=O)O)CC2)sc2c1CCCC2. The first kappa shape index (κ1) is 21.6. The highest BCUT2D eigenvalue weighted by Gasteiger charge is 2.32. The van der Waals surface area contributed by atoms with Gasteiger partial charge in [0, 0.05) is 17.3 Å². The first-order valence-electron chi connectivity index (χ1n) is 11.0. The molecular formula is C24H28N2O4S. The second-order valence-electron chi connectivity index (χ2n) is 8.46. The summed E-state index contributed by atoms with van der Waals surface area (Å²) < 4.78 is 0. The molecule has 0 unspecified atom stereocenters. The summed E-state index contributed by atoms with van der Waals surface area (Å²) in [7, 11) is 0. The predicted molar refractivity (Wildman–Crippen MR) is 120 cm³/mol. The van der Waals surface area contributed by atoms with E-state index in [4.69, 9.17) is 0 Å². The molecule has 164 valence electrons. The van der Waals surface area contributed by atoms with Crippen molar-refractivity contribution in [3.63, 3.8) is 0 Å². The maximum atomic E-state index is 13.1. The molecule has 2 aliphatic rings. The molecule has 1 saturated carbocycles. The fourth-order valence-electron chi connectivity index (χ4n) is 4.58. The highest BCUT2D eigenvalue weighted by Crippen LogP contribution is 2.39. The van der Waals surface area contributed by atoms with Gasteiger partial charge in [-0.1, -0.05) is 30.3 Å². The topological polar surface area (TPSA) is 95.5 Å². The molecule has 3 N–H and O–H groups in total. The quantitative estimate of drug-likeness (QED) is 0.621. The molecular weight excluding hydrogens is 412 g/mol. The van der Waals surface area contributed by atoms with Gasteiger partial charge in [0.05, 0.1) is 11.5 Å². The van der Waals surface area contributed by atoms with E-state index in [2.05, 4.69) is 10.6 Å². The third-order valence-electron chi connectivity index (χ3n) is 6.38. The van der Waals surface area contributed by atoms with Crippen LogP contribution in [-0.2, 0) is 29.0 Å². The van der Waals surface area contributed by atoms with Gasteiger partial charge in [0.2, 0.25) is 5.91 Å². The Morgan fingerprint density at radius 1 is 0.968 bits per heavy atom. The fourth-order valence-corrected chi connectivity index (χ4v) is 5.87. The van der Waals surface area contributed by atoms with E-state index in [0.29, 0.717) is 42.8 Å². The van der Waals surface area contributed by atoms with Crippen LogP contribution >= 0.6 is 11.3 Å². The molecule has 0 bridgehead atoms. The number of carboxylic acid groups (broad SMARTS) is 1. The molecule has 0 saturated heterocycles. The van der Waals surface area contributed by atoms with E-state index >= 15 is 0 Å². The van der Waals surface area contributed by atoms with Gasteiger partial charge < -0.3 is 15.7 Å². The summed E-state index contributed by atoms with van der Waals surface area (Å²) in [5, 5.41) is 15.9. The molecule has 1 aromatic carbocycles. The Kier molecular flexibility index (Phi) is 6.70. The number of hydrogen-bond donors (Lipinski definition) is 3. The lowest BCUT2D eigenvalue weighted by atomic mass is 9.81. The average molecular weight is 441 g/mol. The maximum absolute atomic E-state index is 13.1. The van der Waals surface area contributed by atoms with Gasteiger partial charge >= 0.3 is 5.97 Å². The number of benzene rings is 1. The van der Waals surface area contributed by atoms with Crippen LogP contribution in [0.3, 0.4) is 0 Å². The molecule has 0 atom stereocenters. The van der Waals surface area contributed by atoms with Gasteiger partial charge in [0.15, 0.2) is 0 Å². The van der Waals surface area contributed by atoms with Crippen LogP contribution in [0.15, 0.2) is 30.3 Å². The Balaban J connectivity index is 1.48. The van der Waals surface area contributed by atoms with Gasteiger partial charge in [0.25, 0.3) is 5.91 Å². The molecule has 0 radical (unpaired) electrons. The van der Waals surface area contributed by atoms with Crippen molar-refractivity contribution in [2.75, 3.05) is 5.32 Å². The number of aliphatic carboxylic acids is 1. The Morgan fingerprint density at radius 3 is 2.35 bits per heavy atom. The molecule has 1 heterocycles. The summed E-state index contributed by atoms with van der Waals surface area (Å²) in [6.07, 6.45) is 6.16. The summed E-state index contributed by atoms with van der Waals surface area (Å²) in [6.45, 7) is 0.441. The Labute approximate surface area is 186 Å². The van der Waals surface area contributed by atoms with E-state index in [1.54, 1.807) is 0 Å². The number of aryl methyl sites for hydroxylation is 1. The molecule has 2 aromatic rings. The van der Waals surface area contributed by atoms with Gasteiger partial charge in [0.1, 0.15) is 5.00 Å². The van der Waals surface area contributed by atoms with Crippen LogP contribution in [0.2, 0.25) is 0 Å². The second-order valence-corrected chi connectivity index (χ2v) is 9.56. The van der Waals surface area contributed by atoms with E-state index in [1.807, 2.05) is 30.3 Å². The minimum atomic E-state index is -0.776. The van der Waals surface area contributed by atoms with Crippen LogP contribution < -0.4 is 10.6 Å². The van der Waals surface area contributed by atoms with Crippen LogP contribution in [0.5, 0.6) is 0 Å². The average Bonchev–Trinajstić information content (AvgIpc) is 3.16. The van der Waals surface area contributed by atoms with Gasteiger partial charge in [-0.25, -0.2) is 0 Å². The number of carboxylic acids is 1. The minimum absolute atomic E-state index is 0.0976. The van der Waals surface area contributed by atoms with Crippen molar-refractivity contribution in [2.24, 2.45) is 11.8 Å². The van der Waals surface area contributed by atoms with Crippen molar-refractivity contribution >= 4 is 34.1 Å². The summed E-state index contributed by atoms with van der Waals surface area (Å²) in [4.78, 5) is 38.4. The highest BCUT2D eigenvalue weighted by atomic mass is 32.1. The first-order valence-corrected chi connectivity index (χ1v) is 11.8. The largest absolute Gasteiger partial charge is 0.481 e. The standard InChI is InChI=1S/C24H28N2O4S/c27-21(16-10-12-17(13-11-16)24(29)30)26-23-20(18-8-4-5-9-19(18)31-23)22(28)25-14-15-6-2-1-3-7-15/h1-3,6-7,16-17H,4-5,8-14H2,(H,25,28)(H,26,27)(H,29,30). The highest BCUT2D eigenvalue weighted by molar-refractivity contribution is 7.17. The van der Waals surface area contributed by atoms with E-state index in [1.165, 1.54) is 16.2 Å². The van der Waals surface area contributed by atoms with Crippen LogP contribution in [0, 0.1) is 11.8 Å². The summed E-state index contributed by atoms with van der Waals surface area (Å²) in [5.74, 6) is -1.57. The number of rotatable bonds is 6. The van der Waals surface area contributed by atoms with Crippen molar-refractivity contribution in [1.82, 2.24) is 5.32 Å². The number of amides is 2. The predicted octanol–water partition coefficient (Wildman–Crippen LogP) is 4.39. The van der Waals surface area contributed by atoms with Crippen molar-refractivity contribution in [2.45, 2.75) is 57.9 Å². The van der Waals surface area contributed by atoms with Crippen molar-refractivity contribution in [1.29, 1.82) is 0 Å². The number of carbonyl (C=O) groups excluding carboxylic acids is 2. The molecule has 4 rings (SSSR count). The number of nitrogens with one attached hydrogen (secondary N) is 2. The summed E-state index contributed by atoms with van der Waals surface area (Å²) in [5.41, 5.74) is 2.72. The van der Waals surface area contributed by atoms with Crippen LogP contribution in [0.4, 0.5) is 5.00 Å². The third-order valence-corrected chi connectivity index (χ3v) is 7.59. The molecule has 6 nitrogen and oxygen atoms in total. The zero-order chi connectivity index (χ0) is 21.8. The normalized spacial score (nSPS) is 20.5. The zero-order valence-electron chi connectivity index (χ0n) is 17.5. The van der Waals surface area contributed by atoms with Gasteiger partial charge in [-0.05, 0) is 62.5 Å². The molecule has 2 aliphatic carbocycles. The number of anilines is 1. The smallest absolute Gasteiger partial charge is 0.306 e. The van der Waals surface area contributed by atoms with Gasteiger partial charge in [-0.15, -0.1) is 11.3 Å². The van der Waals surface area contributed by atoms with Crippen LogP contribution in [0.1, 0.15) is 64.9 Å². The monoisotopic (exact) mass is 440 g/mol. The number of carbonyl (C=O) groups is 3. The lowest BCUT2D eigenvalue weighted by Crippen LogP contribution is -2.30. The maximum Gasteiger partial charge on any atom is 0.306 e. The summed E-state index contributed by atoms with van der Waals surface area (Å²) >= 11 is 1.52. The molecule has 1 fully saturated rings. The van der Waals surface area contributed by atoms with E-state index in [-0.39, 0.29) is 23.7 Å². The van der Waals surface area contributed by atoms with Gasteiger partial charge in [-0.3, -0.25) is 14.4 Å². The third kappa shape index (κ3) is 4.98. The number of fused-ring (bicyclic) bond motifs is 1. The van der Waals surface area contributed by atoms with Crippen molar-refractivity contribution in [3.05, 3.63) is 51.9 Å². The Bertz CT molecular complexity index is 961. The van der Waals surface area contributed by atoms with Crippen molar-refractivity contribution in [3.8, 4) is 0 Å². The minimum Gasteiger partial charge on any atom is -0.481 e. The van der Waals surface area contributed by atoms with E-state index in [9.17, 15) is 19.5 Å². The van der Waals surface area contributed by atoms with Crippen LogP contribution in [0.25, 0.3) is 0 Å². The van der Waals surface area contributed by atoms with E-state index in [0.717, 1.165) is 36.8 Å². The molecule has 1 aromatic heterocycles. The molecule has 7 heteroatoms. The number of thiophene rings is 1. The lowest BCUT2D eigenvalue weighted by molar-refractivity contribution is -0.143. The number of hydrogen-bond acceptors (Lipinski definition) is 4. The molecule has 2 amide bonds. The molecule has 0 spiro atoms. The van der Waals surface area contributed by atoms with Crippen LogP contribution in [-0.4, -0.2) is 22.9 Å². The van der Waals surface area contributed by atoms with Crippen molar-refractivity contribution < 1.29 is 19.5 Å². The van der Waals surface area contributed by atoms with Gasteiger partial charge in [-0.2, -0.15) is 0 Å². The molecule has 31 heavy (non-hydrogen) atoms. The fraction of sp³-hybridized carbons (Fsp3) is 0.458. The summed E-state index contributed by atoms with van der Waals surface area (Å²) in [6, 6.07) is 9.77. The Hall–Kier alpha value is -2.67. The van der Waals surface area contributed by atoms with E-state index < -0.39 is 5.97 Å². The Morgan fingerprint density at radius 2 is 1.65 bits per heavy atom. The second kappa shape index (κ2) is 9.64.